The number of aliphatic hydroxyl groups is 3. The van der Waals surface area contributed by atoms with Crippen molar-refractivity contribution in [3.8, 4) is 0 Å². The highest BCUT2D eigenvalue weighted by Crippen LogP contribution is 2.12. The van der Waals surface area contributed by atoms with Crippen molar-refractivity contribution < 1.29 is 15.3 Å². The Bertz CT molecular complexity index is 178. The molecular formula is C14H31NO3. The van der Waals surface area contributed by atoms with E-state index in [1.807, 2.05) is 0 Å². The zero-order valence-electron chi connectivity index (χ0n) is 11.7. The van der Waals surface area contributed by atoms with E-state index in [1.165, 1.54) is 38.5 Å². The van der Waals surface area contributed by atoms with Gasteiger partial charge in [-0.05, 0) is 6.42 Å². The molecule has 0 aliphatic carbocycles. The minimum absolute atomic E-state index is 0.296. The van der Waals surface area contributed by atoms with E-state index in [9.17, 15) is 10.2 Å². The molecule has 4 heteroatoms. The summed E-state index contributed by atoms with van der Waals surface area (Å²) in [5.74, 6) is 0. The number of aliphatic hydroxyl groups excluding tert-OH is 3. The number of hydrogen-bond acceptors (Lipinski definition) is 4. The first-order valence-corrected chi connectivity index (χ1v) is 7.36. The molecule has 0 unspecified atom stereocenters. The lowest BCUT2D eigenvalue weighted by molar-refractivity contribution is -0.0121. The van der Waals surface area contributed by atoms with Gasteiger partial charge in [0.25, 0.3) is 0 Å². The van der Waals surface area contributed by atoms with Crippen LogP contribution in [0.3, 0.4) is 0 Å². The molecule has 0 aromatic rings. The van der Waals surface area contributed by atoms with Crippen LogP contribution in [0, 0.1) is 0 Å². The van der Waals surface area contributed by atoms with Crippen molar-refractivity contribution in [1.29, 1.82) is 0 Å². The molecule has 0 aromatic heterocycles. The second-order valence-corrected chi connectivity index (χ2v) is 5.17. The van der Waals surface area contributed by atoms with Gasteiger partial charge in [0.05, 0.1) is 24.9 Å². The highest BCUT2D eigenvalue weighted by Gasteiger charge is 2.21. The minimum Gasteiger partial charge on any atom is -0.395 e. The second-order valence-electron chi connectivity index (χ2n) is 5.17. The lowest BCUT2D eigenvalue weighted by Gasteiger charge is -2.22. The van der Waals surface area contributed by atoms with Gasteiger partial charge in [-0.25, -0.2) is 0 Å². The van der Waals surface area contributed by atoms with Gasteiger partial charge < -0.3 is 21.1 Å². The van der Waals surface area contributed by atoms with Crippen LogP contribution in [-0.2, 0) is 0 Å². The molecule has 0 amide bonds. The number of hydrogen-bond donors (Lipinski definition) is 4. The van der Waals surface area contributed by atoms with Crippen molar-refractivity contribution in [2.24, 2.45) is 5.73 Å². The molecular weight excluding hydrogens is 230 g/mol. The summed E-state index contributed by atoms with van der Waals surface area (Å²) in [7, 11) is 0. The van der Waals surface area contributed by atoms with Crippen molar-refractivity contribution in [1.82, 2.24) is 0 Å². The Labute approximate surface area is 111 Å². The summed E-state index contributed by atoms with van der Waals surface area (Å²) in [5, 5.41) is 28.0. The number of rotatable bonds is 12. The largest absolute Gasteiger partial charge is 0.395 e. The van der Waals surface area contributed by atoms with Crippen molar-refractivity contribution >= 4 is 0 Å². The maximum atomic E-state index is 9.65. The van der Waals surface area contributed by atoms with Gasteiger partial charge in [-0.3, -0.25) is 0 Å². The van der Waals surface area contributed by atoms with E-state index >= 15 is 0 Å². The molecule has 0 saturated carbocycles. The Hall–Kier alpha value is -0.160. The van der Waals surface area contributed by atoms with Crippen LogP contribution >= 0.6 is 0 Å². The molecule has 0 spiro atoms. The van der Waals surface area contributed by atoms with Crippen LogP contribution in [0.5, 0.6) is 0 Å². The van der Waals surface area contributed by atoms with E-state index in [4.69, 9.17) is 10.8 Å². The highest BCUT2D eigenvalue weighted by atomic mass is 16.3. The molecule has 0 aromatic carbocycles. The Morgan fingerprint density at radius 3 is 1.89 bits per heavy atom. The van der Waals surface area contributed by atoms with Crippen LogP contribution in [0.15, 0.2) is 0 Å². The third-order valence-corrected chi connectivity index (χ3v) is 3.40. The van der Waals surface area contributed by atoms with E-state index in [1.54, 1.807) is 0 Å². The molecule has 0 rings (SSSR count). The first-order chi connectivity index (χ1) is 8.63. The Balaban J connectivity index is 3.37. The van der Waals surface area contributed by atoms with E-state index in [0.29, 0.717) is 6.42 Å². The molecule has 3 atom stereocenters. The van der Waals surface area contributed by atoms with Crippen molar-refractivity contribution in [3.63, 3.8) is 0 Å². The summed E-state index contributed by atoms with van der Waals surface area (Å²) >= 11 is 0. The van der Waals surface area contributed by atoms with Crippen LogP contribution in [-0.4, -0.2) is 40.2 Å². The second kappa shape index (κ2) is 11.9. The summed E-state index contributed by atoms with van der Waals surface area (Å²) in [5.41, 5.74) is 5.46. The van der Waals surface area contributed by atoms with Gasteiger partial charge in [-0.15, -0.1) is 0 Å². The van der Waals surface area contributed by atoms with Crippen molar-refractivity contribution in [2.45, 2.75) is 83.0 Å². The molecule has 0 aliphatic heterocycles. The average Bonchev–Trinajstić information content (AvgIpc) is 2.39. The maximum absolute atomic E-state index is 9.65. The Morgan fingerprint density at radius 2 is 1.39 bits per heavy atom. The lowest BCUT2D eigenvalue weighted by atomic mass is 10.00. The monoisotopic (exact) mass is 261 g/mol. The fourth-order valence-electron chi connectivity index (χ4n) is 2.05. The molecule has 0 bridgehead atoms. The van der Waals surface area contributed by atoms with Gasteiger partial charge in [0.1, 0.15) is 0 Å². The van der Waals surface area contributed by atoms with E-state index < -0.39 is 18.2 Å². The first kappa shape index (κ1) is 17.8. The SMILES string of the molecule is CCCCCCCCCC[C@@H](O)[C@@H](O)[C@@H](N)CO. The van der Waals surface area contributed by atoms with Crippen LogP contribution in [0.4, 0.5) is 0 Å². The highest BCUT2D eigenvalue weighted by molar-refractivity contribution is 4.77. The molecule has 5 N–H and O–H groups in total. The summed E-state index contributed by atoms with van der Waals surface area (Å²) in [6.45, 7) is 1.92. The topological polar surface area (TPSA) is 86.7 Å². The summed E-state index contributed by atoms with van der Waals surface area (Å²) in [6, 6.07) is -0.742. The smallest absolute Gasteiger partial charge is 0.0971 e. The molecule has 0 saturated heterocycles. The van der Waals surface area contributed by atoms with Crippen LogP contribution in [0.2, 0.25) is 0 Å². The van der Waals surface area contributed by atoms with Crippen molar-refractivity contribution in [2.75, 3.05) is 6.61 Å². The van der Waals surface area contributed by atoms with E-state index in [0.717, 1.165) is 12.8 Å². The fraction of sp³-hybridized carbons (Fsp3) is 1.00. The zero-order valence-corrected chi connectivity index (χ0v) is 11.7. The zero-order chi connectivity index (χ0) is 13.8. The quantitative estimate of drug-likeness (QED) is 0.402. The fourth-order valence-corrected chi connectivity index (χ4v) is 2.05. The third kappa shape index (κ3) is 8.86. The van der Waals surface area contributed by atoms with Crippen LogP contribution in [0.25, 0.3) is 0 Å². The Kier molecular flexibility index (Phi) is 11.8. The third-order valence-electron chi connectivity index (χ3n) is 3.40. The summed E-state index contributed by atoms with van der Waals surface area (Å²) in [6.07, 6.45) is 8.40. The maximum Gasteiger partial charge on any atom is 0.0971 e. The molecule has 0 fully saturated rings. The predicted molar refractivity (Wildman–Crippen MR) is 74.3 cm³/mol. The summed E-state index contributed by atoms with van der Waals surface area (Å²) in [4.78, 5) is 0. The van der Waals surface area contributed by atoms with Gasteiger partial charge in [0.2, 0.25) is 0 Å². The average molecular weight is 261 g/mol. The molecule has 18 heavy (non-hydrogen) atoms. The Morgan fingerprint density at radius 1 is 0.889 bits per heavy atom. The predicted octanol–water partition coefficient (Wildman–Crippen LogP) is 1.56. The number of nitrogens with two attached hydrogens (primary N) is 1. The van der Waals surface area contributed by atoms with Crippen LogP contribution < -0.4 is 5.73 Å². The molecule has 110 valence electrons. The molecule has 0 heterocycles. The molecule has 0 aliphatic rings. The standard InChI is InChI=1S/C14H31NO3/c1-2-3-4-5-6-7-8-9-10-13(17)14(18)12(15)11-16/h12-14,16-18H,2-11,15H2,1H3/t12-,13+,14-/m0/s1. The van der Waals surface area contributed by atoms with Gasteiger partial charge in [-0.1, -0.05) is 58.3 Å². The first-order valence-electron chi connectivity index (χ1n) is 7.36. The molecule has 4 nitrogen and oxygen atoms in total. The van der Waals surface area contributed by atoms with Gasteiger partial charge in [-0.2, -0.15) is 0 Å². The normalized spacial score (nSPS) is 16.5. The summed E-state index contributed by atoms with van der Waals surface area (Å²) < 4.78 is 0. The molecule has 0 radical (unpaired) electrons. The van der Waals surface area contributed by atoms with E-state index in [-0.39, 0.29) is 6.61 Å². The van der Waals surface area contributed by atoms with Crippen molar-refractivity contribution in [3.05, 3.63) is 0 Å². The lowest BCUT2D eigenvalue weighted by Crippen LogP contribution is -2.45. The van der Waals surface area contributed by atoms with Gasteiger partial charge in [0, 0.05) is 0 Å². The number of unbranched alkanes of at least 4 members (excludes halogenated alkanes) is 7. The van der Waals surface area contributed by atoms with Crippen LogP contribution in [0.1, 0.15) is 64.7 Å². The minimum atomic E-state index is -1.01. The van der Waals surface area contributed by atoms with E-state index in [2.05, 4.69) is 6.92 Å². The van der Waals surface area contributed by atoms with Gasteiger partial charge >= 0.3 is 0 Å². The van der Waals surface area contributed by atoms with Gasteiger partial charge in [0.15, 0.2) is 0 Å².